The Morgan fingerprint density at radius 3 is 2.25 bits per heavy atom. The van der Waals surface area contributed by atoms with Crippen LogP contribution in [0.15, 0.2) is 0 Å². The van der Waals surface area contributed by atoms with E-state index in [0.29, 0.717) is 19.0 Å². The molecule has 1 amide bonds. The van der Waals surface area contributed by atoms with Crippen LogP contribution in [0.25, 0.3) is 0 Å². The predicted octanol–water partition coefficient (Wildman–Crippen LogP) is 0.733. The number of carbonyl (C=O) groups is 1. The zero-order valence-electron chi connectivity index (χ0n) is 10.8. The largest absolute Gasteiger partial charge is 0.389 e. The molecule has 0 radical (unpaired) electrons. The summed E-state index contributed by atoms with van der Waals surface area (Å²) in [7, 11) is 0. The van der Waals surface area contributed by atoms with Gasteiger partial charge >= 0.3 is 0 Å². The number of aliphatic hydroxyl groups is 1. The lowest BCUT2D eigenvalue weighted by Gasteiger charge is -2.34. The summed E-state index contributed by atoms with van der Waals surface area (Å²) < 4.78 is 0. The second-order valence-electron chi connectivity index (χ2n) is 5.69. The van der Waals surface area contributed by atoms with Crippen LogP contribution in [-0.4, -0.2) is 40.1 Å². The highest BCUT2D eigenvalue weighted by Gasteiger charge is 2.46. The van der Waals surface area contributed by atoms with Crippen molar-refractivity contribution in [2.24, 2.45) is 11.7 Å². The molecule has 1 unspecified atom stereocenters. The second kappa shape index (κ2) is 4.34. The van der Waals surface area contributed by atoms with Gasteiger partial charge in [-0.15, -0.1) is 0 Å². The summed E-state index contributed by atoms with van der Waals surface area (Å²) in [4.78, 5) is 13.9. The fourth-order valence-electron chi connectivity index (χ4n) is 1.99. The van der Waals surface area contributed by atoms with Gasteiger partial charge in [0, 0.05) is 13.1 Å². The van der Waals surface area contributed by atoms with E-state index < -0.39 is 11.1 Å². The molecule has 0 aromatic heterocycles. The van der Waals surface area contributed by atoms with E-state index in [2.05, 4.69) is 0 Å². The minimum absolute atomic E-state index is 0.0420. The van der Waals surface area contributed by atoms with Gasteiger partial charge in [0.05, 0.1) is 11.1 Å². The van der Waals surface area contributed by atoms with Crippen LogP contribution in [0, 0.1) is 5.92 Å². The summed E-state index contributed by atoms with van der Waals surface area (Å²) in [5, 5.41) is 9.75. The Hall–Kier alpha value is -0.610. The Balaban J connectivity index is 2.69. The number of nitrogens with two attached hydrogens (primary N) is 1. The van der Waals surface area contributed by atoms with Gasteiger partial charge in [-0.1, -0.05) is 0 Å². The van der Waals surface area contributed by atoms with Crippen LogP contribution in [-0.2, 0) is 4.79 Å². The molecular weight excluding hydrogens is 204 g/mol. The van der Waals surface area contributed by atoms with E-state index >= 15 is 0 Å². The number of hydrogen-bond acceptors (Lipinski definition) is 3. The molecule has 3 N–H and O–H groups in total. The Morgan fingerprint density at radius 2 is 1.94 bits per heavy atom. The number of amides is 1. The standard InChI is InChI=1S/C12H24N2O2/c1-5-14(8-11(2,3)16)10(15)12(4,13)9-6-7-9/h9,16H,5-8,13H2,1-4H3. The van der Waals surface area contributed by atoms with Crippen LogP contribution < -0.4 is 5.73 Å². The van der Waals surface area contributed by atoms with Gasteiger partial charge in [0.25, 0.3) is 0 Å². The summed E-state index contributed by atoms with van der Waals surface area (Å²) in [6.07, 6.45) is 2.08. The van der Waals surface area contributed by atoms with Crippen LogP contribution in [0.1, 0.15) is 40.5 Å². The molecule has 4 heteroatoms. The van der Waals surface area contributed by atoms with E-state index in [-0.39, 0.29) is 5.91 Å². The van der Waals surface area contributed by atoms with Gasteiger partial charge in [-0.2, -0.15) is 0 Å². The minimum Gasteiger partial charge on any atom is -0.389 e. The Labute approximate surface area is 97.8 Å². The molecule has 1 fully saturated rings. The van der Waals surface area contributed by atoms with E-state index in [1.54, 1.807) is 25.7 Å². The molecule has 16 heavy (non-hydrogen) atoms. The molecule has 0 aliphatic heterocycles. The topological polar surface area (TPSA) is 66.6 Å². The zero-order chi connectivity index (χ0) is 12.6. The first-order chi connectivity index (χ1) is 7.18. The third kappa shape index (κ3) is 3.19. The molecule has 1 aliphatic carbocycles. The third-order valence-electron chi connectivity index (χ3n) is 3.13. The quantitative estimate of drug-likeness (QED) is 0.729. The SMILES string of the molecule is CCN(CC(C)(C)O)C(=O)C(C)(N)C1CC1. The molecule has 1 atom stereocenters. The van der Waals surface area contributed by atoms with Crippen molar-refractivity contribution >= 4 is 5.91 Å². The fourth-order valence-corrected chi connectivity index (χ4v) is 1.99. The lowest BCUT2D eigenvalue weighted by atomic mass is 9.94. The molecule has 0 spiro atoms. The van der Waals surface area contributed by atoms with Gasteiger partial charge in [0.2, 0.25) is 5.91 Å². The molecule has 0 bridgehead atoms. The fraction of sp³-hybridized carbons (Fsp3) is 0.917. The summed E-state index contributed by atoms with van der Waals surface area (Å²) in [6, 6.07) is 0. The van der Waals surface area contributed by atoms with E-state index in [4.69, 9.17) is 5.73 Å². The van der Waals surface area contributed by atoms with Gasteiger partial charge in [0.1, 0.15) is 0 Å². The zero-order valence-corrected chi connectivity index (χ0v) is 10.8. The Kier molecular flexibility index (Phi) is 3.65. The molecule has 4 nitrogen and oxygen atoms in total. The normalized spacial score (nSPS) is 20.4. The predicted molar refractivity (Wildman–Crippen MR) is 63.9 cm³/mol. The van der Waals surface area contributed by atoms with Crippen LogP contribution in [0.3, 0.4) is 0 Å². The first-order valence-corrected chi connectivity index (χ1v) is 5.99. The van der Waals surface area contributed by atoms with E-state index in [1.807, 2.05) is 6.92 Å². The van der Waals surface area contributed by atoms with Crippen LogP contribution in [0.5, 0.6) is 0 Å². The van der Waals surface area contributed by atoms with E-state index in [1.165, 1.54) is 0 Å². The number of nitrogens with zero attached hydrogens (tertiary/aromatic N) is 1. The average molecular weight is 228 g/mol. The van der Waals surface area contributed by atoms with Crippen molar-refractivity contribution in [2.45, 2.75) is 51.7 Å². The van der Waals surface area contributed by atoms with Crippen molar-refractivity contribution in [1.29, 1.82) is 0 Å². The van der Waals surface area contributed by atoms with Crippen LogP contribution in [0.4, 0.5) is 0 Å². The maximum Gasteiger partial charge on any atom is 0.242 e. The maximum absolute atomic E-state index is 12.2. The van der Waals surface area contributed by atoms with Crippen LogP contribution in [0.2, 0.25) is 0 Å². The Bertz CT molecular complexity index is 265. The van der Waals surface area contributed by atoms with Gasteiger partial charge < -0.3 is 15.7 Å². The van der Waals surface area contributed by atoms with Crippen molar-refractivity contribution in [3.8, 4) is 0 Å². The first-order valence-electron chi connectivity index (χ1n) is 5.99. The summed E-state index contributed by atoms with van der Waals surface area (Å²) >= 11 is 0. The molecule has 1 rings (SSSR count). The number of carbonyl (C=O) groups excluding carboxylic acids is 1. The number of hydrogen-bond donors (Lipinski definition) is 2. The average Bonchev–Trinajstić information content (AvgIpc) is 2.94. The molecule has 0 saturated heterocycles. The lowest BCUT2D eigenvalue weighted by Crippen LogP contribution is -2.57. The van der Waals surface area contributed by atoms with Gasteiger partial charge in [-0.05, 0) is 46.5 Å². The van der Waals surface area contributed by atoms with Crippen LogP contribution >= 0.6 is 0 Å². The molecule has 94 valence electrons. The monoisotopic (exact) mass is 228 g/mol. The van der Waals surface area contributed by atoms with Crippen molar-refractivity contribution in [2.75, 3.05) is 13.1 Å². The van der Waals surface area contributed by atoms with Crippen molar-refractivity contribution < 1.29 is 9.90 Å². The summed E-state index contributed by atoms with van der Waals surface area (Å²) in [5.74, 6) is 0.274. The Morgan fingerprint density at radius 1 is 1.44 bits per heavy atom. The lowest BCUT2D eigenvalue weighted by molar-refractivity contribution is -0.140. The highest BCUT2D eigenvalue weighted by atomic mass is 16.3. The molecule has 0 heterocycles. The van der Waals surface area contributed by atoms with Crippen molar-refractivity contribution in [3.63, 3.8) is 0 Å². The highest BCUT2D eigenvalue weighted by Crippen LogP contribution is 2.39. The first kappa shape index (κ1) is 13.5. The third-order valence-corrected chi connectivity index (χ3v) is 3.13. The molecule has 0 aromatic carbocycles. The van der Waals surface area contributed by atoms with Crippen molar-refractivity contribution in [3.05, 3.63) is 0 Å². The van der Waals surface area contributed by atoms with Gasteiger partial charge in [-0.3, -0.25) is 4.79 Å². The smallest absolute Gasteiger partial charge is 0.242 e. The van der Waals surface area contributed by atoms with E-state index in [9.17, 15) is 9.90 Å². The van der Waals surface area contributed by atoms with E-state index in [0.717, 1.165) is 12.8 Å². The van der Waals surface area contributed by atoms with Gasteiger partial charge in [0.15, 0.2) is 0 Å². The molecule has 1 aliphatic rings. The minimum atomic E-state index is -0.870. The number of likely N-dealkylation sites (N-methyl/N-ethyl adjacent to an activating group) is 1. The molecule has 0 aromatic rings. The molecular formula is C12H24N2O2. The maximum atomic E-state index is 12.2. The summed E-state index contributed by atoms with van der Waals surface area (Å²) in [6.45, 7) is 8.04. The number of rotatable bonds is 5. The van der Waals surface area contributed by atoms with Gasteiger partial charge in [-0.25, -0.2) is 0 Å². The second-order valence-corrected chi connectivity index (χ2v) is 5.69. The summed E-state index contributed by atoms with van der Waals surface area (Å²) in [5.41, 5.74) is 4.46. The molecule has 1 saturated carbocycles. The highest BCUT2D eigenvalue weighted by molar-refractivity contribution is 5.86. The van der Waals surface area contributed by atoms with Crippen molar-refractivity contribution in [1.82, 2.24) is 4.90 Å².